The molecule has 1 atom stereocenters. The van der Waals surface area contributed by atoms with Gasteiger partial charge in [-0.15, -0.1) is 5.10 Å². The summed E-state index contributed by atoms with van der Waals surface area (Å²) >= 11 is 0. The Balaban J connectivity index is 1.80. The van der Waals surface area contributed by atoms with Gasteiger partial charge in [0.15, 0.2) is 0 Å². The number of hydrogen-bond acceptors (Lipinski definition) is 7. The molecule has 118 valence electrons. The van der Waals surface area contributed by atoms with Crippen molar-refractivity contribution < 1.29 is 13.9 Å². The highest BCUT2D eigenvalue weighted by Gasteiger charge is 2.22. The van der Waals surface area contributed by atoms with Gasteiger partial charge in [0, 0.05) is 25.6 Å². The van der Waals surface area contributed by atoms with Crippen LogP contribution in [0.15, 0.2) is 4.42 Å². The van der Waals surface area contributed by atoms with Gasteiger partial charge >= 0.3 is 6.01 Å². The predicted molar refractivity (Wildman–Crippen MR) is 77.1 cm³/mol. The molecule has 1 aliphatic rings. The van der Waals surface area contributed by atoms with Gasteiger partial charge in [0.25, 0.3) is 0 Å². The lowest BCUT2D eigenvalue weighted by Crippen LogP contribution is -2.48. The van der Waals surface area contributed by atoms with Crippen LogP contribution in [0.25, 0.3) is 0 Å². The zero-order valence-corrected chi connectivity index (χ0v) is 12.8. The first-order chi connectivity index (χ1) is 10.1. The van der Waals surface area contributed by atoms with Crippen molar-refractivity contribution in [1.82, 2.24) is 20.4 Å². The summed E-state index contributed by atoms with van der Waals surface area (Å²) in [6.07, 6.45) is 0.118. The fraction of sp³-hybridized carbons (Fsp3) is 0.769. The smallest absolute Gasteiger partial charge is 0.322 e. The van der Waals surface area contributed by atoms with Crippen molar-refractivity contribution in [3.05, 3.63) is 5.89 Å². The zero-order valence-electron chi connectivity index (χ0n) is 12.8. The Morgan fingerprint density at radius 3 is 2.95 bits per heavy atom. The second kappa shape index (κ2) is 7.48. The van der Waals surface area contributed by atoms with E-state index in [1.165, 1.54) is 0 Å². The summed E-state index contributed by atoms with van der Waals surface area (Å²) in [5.74, 6) is 0.509. The van der Waals surface area contributed by atoms with Crippen LogP contribution >= 0.6 is 0 Å². The van der Waals surface area contributed by atoms with Crippen molar-refractivity contribution in [3.63, 3.8) is 0 Å². The predicted octanol–water partition coefficient (Wildman–Crippen LogP) is 0.0517. The molecule has 2 rings (SSSR count). The van der Waals surface area contributed by atoms with E-state index in [2.05, 4.69) is 25.7 Å². The Morgan fingerprint density at radius 2 is 2.29 bits per heavy atom. The highest BCUT2D eigenvalue weighted by atomic mass is 16.5. The topological polar surface area (TPSA) is 92.5 Å². The summed E-state index contributed by atoms with van der Waals surface area (Å²) in [6.45, 7) is 7.09. The fourth-order valence-corrected chi connectivity index (χ4v) is 2.16. The molecule has 1 fully saturated rings. The van der Waals surface area contributed by atoms with Crippen molar-refractivity contribution in [2.75, 3.05) is 45.2 Å². The van der Waals surface area contributed by atoms with Crippen LogP contribution < -0.4 is 10.6 Å². The van der Waals surface area contributed by atoms with Crippen LogP contribution in [0.3, 0.4) is 0 Å². The molecule has 8 nitrogen and oxygen atoms in total. The molecule has 0 aliphatic carbocycles. The minimum Gasteiger partial charge on any atom is -0.408 e. The minimum atomic E-state index is -0.154. The van der Waals surface area contributed by atoms with Crippen molar-refractivity contribution in [1.29, 1.82) is 0 Å². The molecule has 1 saturated heterocycles. The number of hydrogen-bond donors (Lipinski definition) is 2. The number of carbonyl (C=O) groups is 1. The molecule has 1 unspecified atom stereocenters. The first kappa shape index (κ1) is 15.9. The van der Waals surface area contributed by atoms with E-state index < -0.39 is 0 Å². The Hall–Kier alpha value is -1.51. The second-order valence-electron chi connectivity index (χ2n) is 5.43. The number of aromatic nitrogens is 2. The monoisotopic (exact) mass is 297 g/mol. The van der Waals surface area contributed by atoms with Crippen LogP contribution in [-0.2, 0) is 9.53 Å². The van der Waals surface area contributed by atoms with Crippen molar-refractivity contribution in [2.45, 2.75) is 25.9 Å². The molecular weight excluding hydrogens is 274 g/mol. The van der Waals surface area contributed by atoms with Crippen LogP contribution in [-0.4, -0.2) is 66.9 Å². The van der Waals surface area contributed by atoms with E-state index in [0.29, 0.717) is 19.0 Å². The number of anilines is 1. The average molecular weight is 297 g/mol. The van der Waals surface area contributed by atoms with E-state index in [1.54, 1.807) is 0 Å². The number of carbonyl (C=O) groups excluding carboxylic acids is 1. The molecule has 0 saturated carbocycles. The minimum absolute atomic E-state index is 0.118. The lowest BCUT2D eigenvalue weighted by atomic mass is 10.2. The molecule has 8 heteroatoms. The molecule has 21 heavy (non-hydrogen) atoms. The number of likely N-dealkylation sites (N-methyl/N-ethyl adjacent to an activating group) is 1. The third kappa shape index (κ3) is 4.76. The Labute approximate surface area is 124 Å². The van der Waals surface area contributed by atoms with E-state index in [-0.39, 0.29) is 23.9 Å². The van der Waals surface area contributed by atoms with Gasteiger partial charge in [-0.3, -0.25) is 15.0 Å². The van der Waals surface area contributed by atoms with Gasteiger partial charge in [0.1, 0.15) is 0 Å². The second-order valence-corrected chi connectivity index (χ2v) is 5.43. The van der Waals surface area contributed by atoms with E-state index in [0.717, 1.165) is 19.6 Å². The number of amides is 1. The molecule has 2 N–H and O–H groups in total. The van der Waals surface area contributed by atoms with E-state index >= 15 is 0 Å². The van der Waals surface area contributed by atoms with Gasteiger partial charge in [-0.2, -0.15) is 0 Å². The summed E-state index contributed by atoms with van der Waals surface area (Å²) in [5.41, 5.74) is 0. The number of morpholine rings is 1. The molecule has 0 radical (unpaired) electrons. The van der Waals surface area contributed by atoms with Crippen LogP contribution in [0, 0.1) is 0 Å². The van der Waals surface area contributed by atoms with Crippen molar-refractivity contribution in [3.8, 4) is 0 Å². The van der Waals surface area contributed by atoms with E-state index in [4.69, 9.17) is 9.15 Å². The quantitative estimate of drug-likeness (QED) is 0.766. The zero-order chi connectivity index (χ0) is 15.2. The molecular formula is C13H23N5O3. The van der Waals surface area contributed by atoms with Gasteiger partial charge in [-0.25, -0.2) is 0 Å². The molecule has 1 aliphatic heterocycles. The highest BCUT2D eigenvalue weighted by Crippen LogP contribution is 2.14. The number of ether oxygens (including phenoxy) is 1. The summed E-state index contributed by atoms with van der Waals surface area (Å²) in [4.78, 5) is 14.0. The summed E-state index contributed by atoms with van der Waals surface area (Å²) in [5, 5.41) is 13.4. The standard InChI is InChI=1S/C13H23N5O3/c1-9(2)12-16-17-13(21-12)15-11(19)8-18-4-5-20-10(7-18)6-14-3/h9-10,14H,4-8H2,1-3H3,(H,15,17,19). The molecule has 0 bridgehead atoms. The van der Waals surface area contributed by atoms with E-state index in [1.807, 2.05) is 20.9 Å². The summed E-state index contributed by atoms with van der Waals surface area (Å²) < 4.78 is 11.0. The SMILES string of the molecule is CNCC1CN(CC(=O)Nc2nnc(C(C)C)o2)CCO1. The van der Waals surface area contributed by atoms with Gasteiger partial charge in [0.05, 0.1) is 19.3 Å². The van der Waals surface area contributed by atoms with Crippen LogP contribution in [0.1, 0.15) is 25.7 Å². The summed E-state index contributed by atoms with van der Waals surface area (Å²) in [6, 6.07) is 0.156. The summed E-state index contributed by atoms with van der Waals surface area (Å²) in [7, 11) is 1.89. The fourth-order valence-electron chi connectivity index (χ4n) is 2.16. The molecule has 1 aromatic rings. The number of nitrogens with one attached hydrogen (secondary N) is 2. The third-order valence-electron chi connectivity index (χ3n) is 3.20. The lowest BCUT2D eigenvalue weighted by Gasteiger charge is -2.32. The van der Waals surface area contributed by atoms with E-state index in [9.17, 15) is 4.79 Å². The van der Waals surface area contributed by atoms with Crippen molar-refractivity contribution in [2.24, 2.45) is 0 Å². The maximum Gasteiger partial charge on any atom is 0.322 e. The Bertz CT molecular complexity index is 460. The molecule has 1 amide bonds. The maximum atomic E-state index is 12.0. The third-order valence-corrected chi connectivity index (χ3v) is 3.20. The largest absolute Gasteiger partial charge is 0.408 e. The number of rotatable bonds is 6. The van der Waals surface area contributed by atoms with Crippen LogP contribution in [0.2, 0.25) is 0 Å². The van der Waals surface area contributed by atoms with Gasteiger partial charge in [-0.05, 0) is 7.05 Å². The highest BCUT2D eigenvalue weighted by molar-refractivity contribution is 5.90. The van der Waals surface area contributed by atoms with Crippen molar-refractivity contribution >= 4 is 11.9 Å². The van der Waals surface area contributed by atoms with Gasteiger partial charge in [0.2, 0.25) is 11.8 Å². The molecule has 0 aromatic carbocycles. The van der Waals surface area contributed by atoms with Crippen LogP contribution in [0.5, 0.6) is 0 Å². The maximum absolute atomic E-state index is 12.0. The van der Waals surface area contributed by atoms with Gasteiger partial charge in [-0.1, -0.05) is 18.9 Å². The first-order valence-corrected chi connectivity index (χ1v) is 7.20. The Morgan fingerprint density at radius 1 is 1.48 bits per heavy atom. The lowest BCUT2D eigenvalue weighted by molar-refractivity contribution is -0.119. The molecule has 2 heterocycles. The van der Waals surface area contributed by atoms with Crippen LogP contribution in [0.4, 0.5) is 6.01 Å². The molecule has 0 spiro atoms. The molecule has 1 aromatic heterocycles. The first-order valence-electron chi connectivity index (χ1n) is 7.20. The Kier molecular flexibility index (Phi) is 5.66. The van der Waals surface area contributed by atoms with Gasteiger partial charge < -0.3 is 14.5 Å². The normalized spacial score (nSPS) is 19.9. The average Bonchev–Trinajstić information content (AvgIpc) is 2.88. The number of nitrogens with zero attached hydrogens (tertiary/aromatic N) is 3.